The largest absolute Gasteiger partial charge is 0.497 e. The predicted molar refractivity (Wildman–Crippen MR) is 127 cm³/mol. The van der Waals surface area contributed by atoms with E-state index in [2.05, 4.69) is 5.32 Å². The van der Waals surface area contributed by atoms with E-state index in [1.54, 1.807) is 30.3 Å². The monoisotopic (exact) mass is 464 g/mol. The summed E-state index contributed by atoms with van der Waals surface area (Å²) in [5, 5.41) is 2.48. The van der Waals surface area contributed by atoms with E-state index in [1.165, 1.54) is 7.11 Å². The lowest BCUT2D eigenvalue weighted by atomic mass is 10.1. The molecule has 0 bridgehead atoms. The number of aromatic nitrogens is 1. The number of amides is 1. The van der Waals surface area contributed by atoms with Crippen LogP contribution < -0.4 is 14.8 Å². The Kier molecular flexibility index (Phi) is 8.08. The summed E-state index contributed by atoms with van der Waals surface area (Å²) >= 11 is 0. The number of Topliss-reactive ketones (excluding diaryl/α,β-unsaturated/α-hetero) is 1. The van der Waals surface area contributed by atoms with Gasteiger partial charge in [0.15, 0.2) is 6.61 Å². The number of nitrogens with one attached hydrogen (secondary N) is 1. The number of ether oxygens (including phenoxy) is 3. The summed E-state index contributed by atoms with van der Waals surface area (Å²) < 4.78 is 17.6. The zero-order chi connectivity index (χ0) is 24.7. The van der Waals surface area contributed by atoms with Gasteiger partial charge in [0.2, 0.25) is 5.78 Å². The Morgan fingerprint density at radius 3 is 2.38 bits per heavy atom. The number of benzene rings is 2. The van der Waals surface area contributed by atoms with Crippen molar-refractivity contribution in [2.45, 2.75) is 20.8 Å². The molecule has 1 heterocycles. The van der Waals surface area contributed by atoms with Gasteiger partial charge in [-0.3, -0.25) is 14.4 Å². The van der Waals surface area contributed by atoms with Crippen LogP contribution in [0.4, 0.5) is 0 Å². The van der Waals surface area contributed by atoms with Crippen molar-refractivity contribution >= 4 is 17.7 Å². The van der Waals surface area contributed by atoms with Crippen LogP contribution in [0.25, 0.3) is 5.69 Å². The number of carbonyl (C=O) groups is 3. The maximum absolute atomic E-state index is 12.7. The minimum Gasteiger partial charge on any atom is -0.497 e. The lowest BCUT2D eigenvalue weighted by Gasteiger charge is -2.11. The molecule has 3 rings (SSSR count). The Balaban J connectivity index is 1.57. The quantitative estimate of drug-likeness (QED) is 0.363. The highest BCUT2D eigenvalue weighted by molar-refractivity contribution is 6.00. The highest BCUT2D eigenvalue weighted by Crippen LogP contribution is 2.23. The van der Waals surface area contributed by atoms with Crippen LogP contribution in [0.2, 0.25) is 0 Å². The molecule has 0 aliphatic rings. The first kappa shape index (κ1) is 24.6. The Morgan fingerprint density at radius 2 is 1.71 bits per heavy atom. The second kappa shape index (κ2) is 11.2. The molecule has 0 spiro atoms. The average molecular weight is 465 g/mol. The molecular formula is C26H28N2O6. The van der Waals surface area contributed by atoms with Crippen molar-refractivity contribution in [1.82, 2.24) is 9.88 Å². The normalized spacial score (nSPS) is 10.5. The first-order valence-corrected chi connectivity index (χ1v) is 10.9. The van der Waals surface area contributed by atoms with E-state index in [9.17, 15) is 14.4 Å². The van der Waals surface area contributed by atoms with Gasteiger partial charge in [0.1, 0.15) is 18.0 Å². The molecule has 0 radical (unpaired) electrons. The zero-order valence-corrected chi connectivity index (χ0v) is 19.7. The average Bonchev–Trinajstić information content (AvgIpc) is 3.15. The van der Waals surface area contributed by atoms with E-state index in [1.807, 2.05) is 49.6 Å². The molecule has 0 fully saturated rings. The Labute approximate surface area is 198 Å². The zero-order valence-electron chi connectivity index (χ0n) is 19.7. The van der Waals surface area contributed by atoms with Gasteiger partial charge in [0.05, 0.1) is 13.7 Å². The summed E-state index contributed by atoms with van der Waals surface area (Å²) in [5.41, 5.74) is 3.34. The van der Waals surface area contributed by atoms with Crippen LogP contribution >= 0.6 is 0 Å². The number of hydrogen-bond acceptors (Lipinski definition) is 6. The maximum Gasteiger partial charge on any atom is 0.325 e. The third-order valence-corrected chi connectivity index (χ3v) is 5.23. The number of carbonyl (C=O) groups excluding carboxylic acids is 3. The first-order valence-electron chi connectivity index (χ1n) is 10.9. The van der Waals surface area contributed by atoms with Crippen LogP contribution in [-0.4, -0.2) is 49.1 Å². The SMILES string of the molecule is CCOc1ccc(-n2c(C)cc(C(=O)COC(=O)CNC(=O)c3cccc(OC)c3)c2C)cc1. The fourth-order valence-corrected chi connectivity index (χ4v) is 3.59. The summed E-state index contributed by atoms with van der Waals surface area (Å²) in [6.45, 7) is 5.49. The Hall–Kier alpha value is -4.07. The molecule has 8 heteroatoms. The summed E-state index contributed by atoms with van der Waals surface area (Å²) in [4.78, 5) is 37.0. The lowest BCUT2D eigenvalue weighted by Crippen LogP contribution is -2.31. The van der Waals surface area contributed by atoms with Crippen molar-refractivity contribution < 1.29 is 28.6 Å². The van der Waals surface area contributed by atoms with Crippen LogP contribution in [0, 0.1) is 13.8 Å². The number of aryl methyl sites for hydroxylation is 1. The van der Waals surface area contributed by atoms with Crippen LogP contribution in [0.15, 0.2) is 54.6 Å². The number of rotatable bonds is 10. The molecule has 0 unspecified atom stereocenters. The number of nitrogens with zero attached hydrogens (tertiary/aromatic N) is 1. The van der Waals surface area contributed by atoms with E-state index in [0.29, 0.717) is 23.5 Å². The van der Waals surface area contributed by atoms with Gasteiger partial charge in [-0.25, -0.2) is 0 Å². The molecule has 0 saturated heterocycles. The molecule has 3 aromatic rings. The minimum atomic E-state index is -0.704. The van der Waals surface area contributed by atoms with Gasteiger partial charge < -0.3 is 24.1 Å². The lowest BCUT2D eigenvalue weighted by molar-refractivity contribution is -0.141. The molecular weight excluding hydrogens is 436 g/mol. The van der Waals surface area contributed by atoms with Crippen LogP contribution in [-0.2, 0) is 9.53 Å². The molecule has 0 saturated carbocycles. The maximum atomic E-state index is 12.7. The fraction of sp³-hybridized carbons (Fsp3) is 0.269. The van der Waals surface area contributed by atoms with Gasteiger partial charge in [0, 0.05) is 28.2 Å². The highest BCUT2D eigenvalue weighted by atomic mass is 16.5. The van der Waals surface area contributed by atoms with E-state index >= 15 is 0 Å². The third kappa shape index (κ3) is 5.83. The molecule has 2 aromatic carbocycles. The van der Waals surface area contributed by atoms with E-state index in [0.717, 1.165) is 22.8 Å². The van der Waals surface area contributed by atoms with Gasteiger partial charge in [-0.05, 0) is 69.3 Å². The van der Waals surface area contributed by atoms with Crippen LogP contribution in [0.5, 0.6) is 11.5 Å². The standard InChI is InChI=1S/C26H28N2O6/c1-5-33-21-11-9-20(10-12-21)28-17(2)13-23(18(28)3)24(29)16-34-25(30)15-27-26(31)19-7-6-8-22(14-19)32-4/h6-14H,5,15-16H2,1-4H3,(H,27,31). The van der Waals surface area contributed by atoms with E-state index in [4.69, 9.17) is 14.2 Å². The smallest absolute Gasteiger partial charge is 0.325 e. The molecule has 0 aliphatic heterocycles. The van der Waals surface area contributed by atoms with Gasteiger partial charge in [0.25, 0.3) is 5.91 Å². The van der Waals surface area contributed by atoms with Crippen LogP contribution in [0.1, 0.15) is 39.0 Å². The Bertz CT molecular complexity index is 1180. The van der Waals surface area contributed by atoms with Crippen molar-refractivity contribution in [3.63, 3.8) is 0 Å². The second-order valence-electron chi connectivity index (χ2n) is 7.55. The first-order chi connectivity index (χ1) is 16.3. The second-order valence-corrected chi connectivity index (χ2v) is 7.55. The molecule has 1 aromatic heterocycles. The van der Waals surface area contributed by atoms with Gasteiger partial charge in [-0.1, -0.05) is 6.07 Å². The molecule has 178 valence electrons. The van der Waals surface area contributed by atoms with Crippen molar-refractivity contribution in [3.05, 3.63) is 77.1 Å². The summed E-state index contributed by atoms with van der Waals surface area (Å²) in [6.07, 6.45) is 0. The third-order valence-electron chi connectivity index (χ3n) is 5.23. The molecule has 34 heavy (non-hydrogen) atoms. The van der Waals surface area contributed by atoms with Gasteiger partial charge in [-0.15, -0.1) is 0 Å². The van der Waals surface area contributed by atoms with Crippen molar-refractivity contribution in [2.24, 2.45) is 0 Å². The van der Waals surface area contributed by atoms with Gasteiger partial charge in [-0.2, -0.15) is 0 Å². The molecule has 1 N–H and O–H groups in total. The number of ketones is 1. The van der Waals surface area contributed by atoms with Gasteiger partial charge >= 0.3 is 5.97 Å². The molecule has 0 aliphatic carbocycles. The predicted octanol–water partition coefficient (Wildman–Crippen LogP) is 3.66. The molecule has 0 atom stereocenters. The molecule has 1 amide bonds. The topological polar surface area (TPSA) is 95.9 Å². The fourth-order valence-electron chi connectivity index (χ4n) is 3.59. The summed E-state index contributed by atoms with van der Waals surface area (Å²) in [6, 6.07) is 15.9. The van der Waals surface area contributed by atoms with Crippen molar-refractivity contribution in [2.75, 3.05) is 26.9 Å². The highest BCUT2D eigenvalue weighted by Gasteiger charge is 2.18. The van der Waals surface area contributed by atoms with E-state index < -0.39 is 18.5 Å². The van der Waals surface area contributed by atoms with E-state index in [-0.39, 0.29) is 12.3 Å². The van der Waals surface area contributed by atoms with Crippen LogP contribution in [0.3, 0.4) is 0 Å². The molecule has 8 nitrogen and oxygen atoms in total. The van der Waals surface area contributed by atoms with Crippen molar-refractivity contribution in [1.29, 1.82) is 0 Å². The van der Waals surface area contributed by atoms with Crippen molar-refractivity contribution in [3.8, 4) is 17.2 Å². The number of esters is 1. The minimum absolute atomic E-state index is 0.322. The number of methoxy groups -OCH3 is 1. The summed E-state index contributed by atoms with van der Waals surface area (Å²) in [7, 11) is 1.50. The Morgan fingerprint density at radius 1 is 0.971 bits per heavy atom. The number of hydrogen-bond donors (Lipinski definition) is 1. The summed E-state index contributed by atoms with van der Waals surface area (Å²) in [5.74, 6) is -0.164.